The lowest BCUT2D eigenvalue weighted by molar-refractivity contribution is -0.0186. The number of benzene rings is 1. The Morgan fingerprint density at radius 3 is 2.53 bits per heavy atom. The van der Waals surface area contributed by atoms with Gasteiger partial charge in [-0.25, -0.2) is 0 Å². The highest BCUT2D eigenvalue weighted by atomic mass is 15.2. The second kappa shape index (κ2) is 13.8. The molecule has 8 unspecified atom stereocenters. The van der Waals surface area contributed by atoms with Crippen molar-refractivity contribution in [1.29, 1.82) is 0 Å². The summed E-state index contributed by atoms with van der Waals surface area (Å²) in [5, 5.41) is 0. The molecule has 1 aliphatic heterocycles. The van der Waals surface area contributed by atoms with E-state index >= 15 is 0 Å². The second-order valence-corrected chi connectivity index (χ2v) is 19.1. The average Bonchev–Trinajstić information content (AvgIpc) is 3.31. The van der Waals surface area contributed by atoms with Gasteiger partial charge in [0.25, 0.3) is 0 Å². The first-order valence-electron chi connectivity index (χ1n) is 21.8. The van der Waals surface area contributed by atoms with Crippen molar-refractivity contribution in [2.24, 2.45) is 51.6 Å². The van der Waals surface area contributed by atoms with Crippen LogP contribution in [0.4, 0.5) is 5.69 Å². The van der Waals surface area contributed by atoms with Crippen LogP contribution in [0.5, 0.6) is 0 Å². The Kier molecular flexibility index (Phi) is 9.22. The molecule has 4 heteroatoms. The molecule has 9 atom stereocenters. The number of fused-ring (bicyclic) bond motifs is 1. The Hall–Kier alpha value is -3.27. The fourth-order valence-corrected chi connectivity index (χ4v) is 13.0. The normalized spacial score (nSPS) is 36.5. The molecule has 8 aliphatic rings. The summed E-state index contributed by atoms with van der Waals surface area (Å²) in [6.07, 6.45) is 38.1. The number of rotatable bonds is 9. The SMILES string of the molecule is CCc1cc(N(C(/C=C\N)CC)C2CCC(C)CC2)c2c3c1C=CC1C3[C@@H]3C4=C(CCC(C)(C)C4C2)CC(N(C2=CCC(C)C=C2)C2C=CN=CC2)C13. The molecule has 2 saturated carbocycles. The number of nitrogens with two attached hydrogens (primary N) is 1. The monoisotopic (exact) mass is 711 g/mol. The summed E-state index contributed by atoms with van der Waals surface area (Å²) in [6.45, 7) is 14.9. The van der Waals surface area contributed by atoms with E-state index in [4.69, 9.17) is 5.73 Å². The van der Waals surface area contributed by atoms with Crippen LogP contribution in [0, 0.1) is 40.9 Å². The molecule has 7 aliphatic carbocycles. The maximum atomic E-state index is 6.26. The zero-order valence-corrected chi connectivity index (χ0v) is 33.6. The largest absolute Gasteiger partial charge is 0.405 e. The summed E-state index contributed by atoms with van der Waals surface area (Å²) in [7, 11) is 0. The minimum atomic E-state index is 0.287. The summed E-state index contributed by atoms with van der Waals surface area (Å²) in [4.78, 5) is 10.4. The Morgan fingerprint density at radius 1 is 1.00 bits per heavy atom. The molecule has 0 radical (unpaired) electrons. The number of aryl methyl sites for hydroxylation is 1. The molecule has 4 nitrogen and oxygen atoms in total. The van der Waals surface area contributed by atoms with E-state index in [9.17, 15) is 0 Å². The Balaban J connectivity index is 1.23. The molecule has 282 valence electrons. The summed E-state index contributed by atoms with van der Waals surface area (Å²) < 4.78 is 0. The molecular weight excluding hydrogens is 645 g/mol. The van der Waals surface area contributed by atoms with Gasteiger partial charge >= 0.3 is 0 Å². The Labute approximate surface area is 321 Å². The fourth-order valence-electron chi connectivity index (χ4n) is 13.0. The molecule has 0 aromatic heterocycles. The predicted octanol–water partition coefficient (Wildman–Crippen LogP) is 11.1. The predicted molar refractivity (Wildman–Crippen MR) is 224 cm³/mol. The van der Waals surface area contributed by atoms with Crippen LogP contribution in [-0.2, 0) is 12.8 Å². The van der Waals surface area contributed by atoms with E-state index in [-0.39, 0.29) is 5.41 Å². The number of anilines is 1. The standard InChI is InChI=1S/C49H66N4/c1-7-32-27-42(52(34(8-2)20-24-50)35-13-9-30(3)10-14-35)40-29-41-44-33(19-23-49(41,5)6)28-43(46-39-18-17-38(32)45(40)47(39)48(44)46)53(37-21-25-51-26-22-37)36-15-11-31(4)12-16-36/h11,15-18,20-21,24-27,30-31,34-35,37,39,41,43,46-48H,7-10,12-14,19,22-23,28-29,50H2,1-6H3/b24-20-/t30?,31?,34?,35?,37?,39?,41?,43?,46?,47?,48-/m1/s1. The zero-order valence-electron chi connectivity index (χ0n) is 33.6. The van der Waals surface area contributed by atoms with Crippen LogP contribution in [0.1, 0.15) is 134 Å². The Bertz CT molecular complexity index is 1810. The summed E-state index contributed by atoms with van der Waals surface area (Å²) in [5.41, 5.74) is 19.9. The lowest BCUT2D eigenvalue weighted by atomic mass is 9.43. The van der Waals surface area contributed by atoms with Gasteiger partial charge in [-0.2, -0.15) is 0 Å². The minimum absolute atomic E-state index is 0.287. The van der Waals surface area contributed by atoms with E-state index in [1.165, 1.54) is 57.1 Å². The number of aliphatic imine (C=N–C) groups is 1. The lowest BCUT2D eigenvalue weighted by Crippen LogP contribution is -2.61. The van der Waals surface area contributed by atoms with E-state index in [0.717, 1.165) is 31.6 Å². The summed E-state index contributed by atoms with van der Waals surface area (Å²) in [5.74, 6) is 4.49. The highest BCUT2D eigenvalue weighted by molar-refractivity contribution is 5.75. The van der Waals surface area contributed by atoms with E-state index in [0.29, 0.717) is 59.7 Å². The molecule has 2 N–H and O–H groups in total. The van der Waals surface area contributed by atoms with Crippen molar-refractivity contribution in [1.82, 2.24) is 4.90 Å². The van der Waals surface area contributed by atoms with Crippen LogP contribution < -0.4 is 10.6 Å². The molecule has 2 fully saturated rings. The van der Waals surface area contributed by atoms with Gasteiger partial charge in [-0.15, -0.1) is 0 Å². The summed E-state index contributed by atoms with van der Waals surface area (Å²) in [6, 6.07) is 4.45. The van der Waals surface area contributed by atoms with Crippen LogP contribution >= 0.6 is 0 Å². The molecule has 0 spiro atoms. The van der Waals surface area contributed by atoms with Crippen LogP contribution in [0.25, 0.3) is 6.08 Å². The Morgan fingerprint density at radius 2 is 1.83 bits per heavy atom. The van der Waals surface area contributed by atoms with Gasteiger partial charge in [0.15, 0.2) is 0 Å². The molecule has 0 bridgehead atoms. The number of allylic oxidation sites excluding steroid dienone is 5. The van der Waals surface area contributed by atoms with Crippen molar-refractivity contribution in [2.45, 2.75) is 149 Å². The number of hydrogen-bond acceptors (Lipinski definition) is 4. The molecule has 1 aromatic rings. The van der Waals surface area contributed by atoms with Crippen LogP contribution in [-0.4, -0.2) is 35.3 Å². The number of nitrogens with zero attached hydrogens (tertiary/aromatic N) is 3. The molecule has 0 amide bonds. The zero-order chi connectivity index (χ0) is 36.6. The third-order valence-corrected chi connectivity index (χ3v) is 15.8. The molecule has 53 heavy (non-hydrogen) atoms. The highest BCUT2D eigenvalue weighted by Crippen LogP contribution is 2.70. The van der Waals surface area contributed by atoms with Crippen LogP contribution in [0.2, 0.25) is 0 Å². The smallest absolute Gasteiger partial charge is 0.0543 e. The van der Waals surface area contributed by atoms with Gasteiger partial charge in [0.2, 0.25) is 0 Å². The van der Waals surface area contributed by atoms with Crippen LogP contribution in [0.15, 0.2) is 76.8 Å². The quantitative estimate of drug-likeness (QED) is 0.260. The van der Waals surface area contributed by atoms with Gasteiger partial charge in [-0.1, -0.05) is 77.0 Å². The van der Waals surface area contributed by atoms with Crippen molar-refractivity contribution in [3.63, 3.8) is 0 Å². The number of hydrogen-bond donors (Lipinski definition) is 1. The van der Waals surface area contributed by atoms with Crippen molar-refractivity contribution >= 4 is 18.0 Å². The minimum Gasteiger partial charge on any atom is -0.405 e. The fraction of sp³-hybridized carbons (Fsp3) is 0.612. The van der Waals surface area contributed by atoms with Gasteiger partial charge < -0.3 is 15.5 Å². The molecular formula is C49H66N4. The van der Waals surface area contributed by atoms with Gasteiger partial charge in [0.1, 0.15) is 0 Å². The molecule has 1 aromatic carbocycles. The first-order chi connectivity index (χ1) is 25.7. The lowest BCUT2D eigenvalue weighted by Gasteiger charge is -2.64. The van der Waals surface area contributed by atoms with E-state index in [2.05, 4.69) is 117 Å². The molecule has 9 rings (SSSR count). The third-order valence-electron chi connectivity index (χ3n) is 15.8. The maximum absolute atomic E-state index is 6.26. The van der Waals surface area contributed by atoms with Gasteiger partial charge in [-0.3, -0.25) is 4.99 Å². The third kappa shape index (κ3) is 5.69. The van der Waals surface area contributed by atoms with Crippen molar-refractivity contribution < 1.29 is 0 Å². The van der Waals surface area contributed by atoms with Gasteiger partial charge in [0, 0.05) is 48.3 Å². The summed E-state index contributed by atoms with van der Waals surface area (Å²) >= 11 is 0. The highest BCUT2D eigenvalue weighted by Gasteiger charge is 2.63. The van der Waals surface area contributed by atoms with E-state index < -0.39 is 0 Å². The van der Waals surface area contributed by atoms with Crippen molar-refractivity contribution in [2.75, 3.05) is 4.90 Å². The molecule has 1 heterocycles. The second-order valence-electron chi connectivity index (χ2n) is 19.1. The first kappa shape index (κ1) is 35.4. The van der Waals surface area contributed by atoms with Crippen LogP contribution in [0.3, 0.4) is 0 Å². The van der Waals surface area contributed by atoms with Gasteiger partial charge in [0.05, 0.1) is 6.04 Å². The van der Waals surface area contributed by atoms with Crippen molar-refractivity contribution in [3.8, 4) is 0 Å². The first-order valence-corrected chi connectivity index (χ1v) is 21.8. The van der Waals surface area contributed by atoms with Gasteiger partial charge in [-0.05, 0) is 170 Å². The van der Waals surface area contributed by atoms with Crippen molar-refractivity contribution in [3.05, 3.63) is 94.0 Å². The maximum Gasteiger partial charge on any atom is 0.0543 e. The average molecular weight is 711 g/mol. The van der Waals surface area contributed by atoms with E-state index in [1.54, 1.807) is 27.9 Å². The molecule has 0 saturated heterocycles. The topological polar surface area (TPSA) is 44.9 Å². The van der Waals surface area contributed by atoms with E-state index in [1.807, 2.05) is 17.3 Å².